The molecule has 1 aromatic heterocycles. The van der Waals surface area contributed by atoms with Gasteiger partial charge in [0.2, 0.25) is 11.0 Å². The van der Waals surface area contributed by atoms with Gasteiger partial charge in [-0.05, 0) is 36.1 Å². The van der Waals surface area contributed by atoms with Gasteiger partial charge in [-0.1, -0.05) is 61.7 Å². The van der Waals surface area contributed by atoms with Crippen LogP contribution < -0.4 is 10.2 Å². The van der Waals surface area contributed by atoms with Crippen LogP contribution in [-0.2, 0) is 17.8 Å². The summed E-state index contributed by atoms with van der Waals surface area (Å²) in [5.41, 5.74) is 2.07. The van der Waals surface area contributed by atoms with Crippen LogP contribution in [0.1, 0.15) is 49.1 Å². The number of aromatic nitrogens is 2. The van der Waals surface area contributed by atoms with Gasteiger partial charge in [-0.2, -0.15) is 4.37 Å². The van der Waals surface area contributed by atoms with E-state index in [0.717, 1.165) is 29.1 Å². The minimum atomic E-state index is -0.256. The maximum atomic E-state index is 13.2. The van der Waals surface area contributed by atoms with E-state index in [4.69, 9.17) is 0 Å². The van der Waals surface area contributed by atoms with E-state index in [-0.39, 0.29) is 24.3 Å². The van der Waals surface area contributed by atoms with Gasteiger partial charge in [0.05, 0.1) is 6.54 Å². The third-order valence-electron chi connectivity index (χ3n) is 5.52. The van der Waals surface area contributed by atoms with Crippen LogP contribution in [0.2, 0.25) is 0 Å². The number of halogens is 1. The first-order chi connectivity index (χ1) is 15.2. The Morgan fingerprint density at radius 2 is 1.77 bits per heavy atom. The lowest BCUT2D eigenvalue weighted by molar-refractivity contribution is -0.120. The first kappa shape index (κ1) is 21.4. The van der Waals surface area contributed by atoms with Gasteiger partial charge in [0.15, 0.2) is 0 Å². The first-order valence-corrected chi connectivity index (χ1v) is 11.6. The maximum Gasteiger partial charge on any atom is 0.239 e. The van der Waals surface area contributed by atoms with Crippen LogP contribution in [0.15, 0.2) is 54.6 Å². The molecule has 0 atom stereocenters. The molecule has 162 valence electrons. The SMILES string of the molecule is O=C(CN(Cc1ccccc1)c1nc(Cc2ccc(F)cc2)ns1)NC1CCCCC1. The molecule has 0 radical (unpaired) electrons. The Hall–Kier alpha value is -2.80. The summed E-state index contributed by atoms with van der Waals surface area (Å²) in [5, 5.41) is 3.92. The molecule has 1 fully saturated rings. The number of nitrogens with one attached hydrogen (secondary N) is 1. The zero-order valence-electron chi connectivity index (χ0n) is 17.5. The first-order valence-electron chi connectivity index (χ1n) is 10.8. The summed E-state index contributed by atoms with van der Waals surface area (Å²) in [4.78, 5) is 19.5. The lowest BCUT2D eigenvalue weighted by Crippen LogP contribution is -2.42. The predicted molar refractivity (Wildman–Crippen MR) is 122 cm³/mol. The van der Waals surface area contributed by atoms with Crippen molar-refractivity contribution in [1.82, 2.24) is 14.7 Å². The number of anilines is 1. The second kappa shape index (κ2) is 10.5. The molecule has 2 aromatic carbocycles. The van der Waals surface area contributed by atoms with Crippen molar-refractivity contribution in [3.8, 4) is 0 Å². The molecule has 7 heteroatoms. The summed E-state index contributed by atoms with van der Waals surface area (Å²) in [7, 11) is 0. The van der Waals surface area contributed by atoms with E-state index in [2.05, 4.69) is 14.7 Å². The Labute approximate surface area is 186 Å². The fourth-order valence-corrected chi connectivity index (χ4v) is 4.60. The monoisotopic (exact) mass is 438 g/mol. The highest BCUT2D eigenvalue weighted by Gasteiger charge is 2.20. The van der Waals surface area contributed by atoms with Gasteiger partial charge >= 0.3 is 0 Å². The van der Waals surface area contributed by atoms with Gasteiger partial charge in [-0.25, -0.2) is 9.37 Å². The van der Waals surface area contributed by atoms with E-state index in [0.29, 0.717) is 18.8 Å². The molecule has 1 saturated carbocycles. The topological polar surface area (TPSA) is 58.1 Å². The van der Waals surface area contributed by atoms with E-state index in [1.165, 1.54) is 42.9 Å². The lowest BCUT2D eigenvalue weighted by Gasteiger charge is -2.25. The van der Waals surface area contributed by atoms with E-state index < -0.39 is 0 Å². The normalized spacial score (nSPS) is 14.4. The molecule has 3 aromatic rings. The van der Waals surface area contributed by atoms with Crippen molar-refractivity contribution >= 4 is 22.6 Å². The summed E-state index contributed by atoms with van der Waals surface area (Å²) in [6, 6.07) is 16.7. The smallest absolute Gasteiger partial charge is 0.239 e. The third kappa shape index (κ3) is 6.34. The minimum absolute atomic E-state index is 0.0260. The Morgan fingerprint density at radius 3 is 2.52 bits per heavy atom. The zero-order chi connectivity index (χ0) is 21.5. The molecule has 4 rings (SSSR count). The highest BCUT2D eigenvalue weighted by atomic mass is 32.1. The van der Waals surface area contributed by atoms with Gasteiger partial charge in [0.25, 0.3) is 0 Å². The van der Waals surface area contributed by atoms with Gasteiger partial charge in [0.1, 0.15) is 11.6 Å². The van der Waals surface area contributed by atoms with E-state index >= 15 is 0 Å². The number of hydrogen-bond acceptors (Lipinski definition) is 5. The Kier molecular flexibility index (Phi) is 7.25. The fourth-order valence-electron chi connectivity index (χ4n) is 3.92. The molecule has 1 aliphatic rings. The summed E-state index contributed by atoms with van der Waals surface area (Å²) < 4.78 is 17.6. The number of carbonyl (C=O) groups excluding carboxylic acids is 1. The zero-order valence-corrected chi connectivity index (χ0v) is 18.3. The standard InChI is InChI=1S/C24H27FN4OS/c25-20-13-11-18(12-14-20)15-22-27-24(31-28-22)29(16-19-7-3-1-4-8-19)17-23(30)26-21-9-5-2-6-10-21/h1,3-4,7-8,11-14,21H,2,5-6,9-10,15-17H2,(H,26,30). The second-order valence-electron chi connectivity index (χ2n) is 8.04. The van der Waals surface area contributed by atoms with E-state index in [1.54, 1.807) is 12.1 Å². The highest BCUT2D eigenvalue weighted by Crippen LogP contribution is 2.22. The maximum absolute atomic E-state index is 13.2. The van der Waals surface area contributed by atoms with Crippen molar-refractivity contribution in [2.45, 2.75) is 51.1 Å². The van der Waals surface area contributed by atoms with Gasteiger partial charge in [-0.3, -0.25) is 4.79 Å². The second-order valence-corrected chi connectivity index (χ2v) is 8.77. The molecule has 5 nitrogen and oxygen atoms in total. The number of carbonyl (C=O) groups is 1. The molecule has 1 amide bonds. The average molecular weight is 439 g/mol. The number of benzene rings is 2. The van der Waals surface area contributed by atoms with Crippen LogP contribution in [-0.4, -0.2) is 27.9 Å². The molecular formula is C24H27FN4OS. The predicted octanol–water partition coefficient (Wildman–Crippen LogP) is 4.72. The lowest BCUT2D eigenvalue weighted by atomic mass is 9.95. The van der Waals surface area contributed by atoms with E-state index in [9.17, 15) is 9.18 Å². The molecule has 1 heterocycles. The third-order valence-corrected chi connectivity index (χ3v) is 6.34. The Morgan fingerprint density at radius 1 is 1.03 bits per heavy atom. The Balaban J connectivity index is 1.46. The van der Waals surface area contributed by atoms with Gasteiger partial charge in [-0.15, -0.1) is 0 Å². The van der Waals surface area contributed by atoms with Crippen molar-refractivity contribution in [1.29, 1.82) is 0 Å². The van der Waals surface area contributed by atoms with Gasteiger partial charge in [0, 0.05) is 30.5 Å². The van der Waals surface area contributed by atoms with Gasteiger partial charge < -0.3 is 10.2 Å². The molecule has 31 heavy (non-hydrogen) atoms. The van der Waals surface area contributed by atoms with Crippen molar-refractivity contribution in [2.75, 3.05) is 11.4 Å². The molecule has 0 saturated heterocycles. The highest BCUT2D eigenvalue weighted by molar-refractivity contribution is 7.09. The summed E-state index contributed by atoms with van der Waals surface area (Å²) in [6.07, 6.45) is 6.28. The molecular weight excluding hydrogens is 411 g/mol. The fraction of sp³-hybridized carbons (Fsp3) is 0.375. The number of hydrogen-bond donors (Lipinski definition) is 1. The van der Waals surface area contributed by atoms with Crippen molar-refractivity contribution in [3.63, 3.8) is 0 Å². The quantitative estimate of drug-likeness (QED) is 0.553. The summed E-state index contributed by atoms with van der Waals surface area (Å²) in [5.74, 6) is 0.448. The summed E-state index contributed by atoms with van der Waals surface area (Å²) in [6.45, 7) is 0.834. The van der Waals surface area contributed by atoms with Crippen LogP contribution in [0.25, 0.3) is 0 Å². The minimum Gasteiger partial charge on any atom is -0.352 e. The molecule has 1 aliphatic carbocycles. The number of amides is 1. The molecule has 0 spiro atoms. The van der Waals surface area contributed by atoms with Crippen molar-refractivity contribution in [3.05, 3.63) is 77.4 Å². The molecule has 0 unspecified atom stereocenters. The molecule has 0 aliphatic heterocycles. The van der Waals surface area contributed by atoms with Crippen LogP contribution in [0.5, 0.6) is 0 Å². The van der Waals surface area contributed by atoms with Crippen LogP contribution in [0, 0.1) is 5.82 Å². The largest absolute Gasteiger partial charge is 0.352 e. The van der Waals surface area contributed by atoms with E-state index in [1.807, 2.05) is 35.2 Å². The number of rotatable bonds is 8. The van der Waals surface area contributed by atoms with Crippen molar-refractivity contribution in [2.24, 2.45) is 0 Å². The number of nitrogens with zero attached hydrogens (tertiary/aromatic N) is 3. The summed E-state index contributed by atoms with van der Waals surface area (Å²) >= 11 is 1.30. The van der Waals surface area contributed by atoms with Crippen molar-refractivity contribution < 1.29 is 9.18 Å². The Bertz CT molecular complexity index is 971. The molecule has 1 N–H and O–H groups in total. The van der Waals surface area contributed by atoms with Crippen LogP contribution in [0.3, 0.4) is 0 Å². The van der Waals surface area contributed by atoms with Crippen LogP contribution in [0.4, 0.5) is 9.52 Å². The average Bonchev–Trinajstić information content (AvgIpc) is 3.25. The van der Waals surface area contributed by atoms with Crippen LogP contribution >= 0.6 is 11.5 Å². The molecule has 0 bridgehead atoms.